The van der Waals surface area contributed by atoms with Crippen LogP contribution < -0.4 is 0 Å². The summed E-state index contributed by atoms with van der Waals surface area (Å²) in [6, 6.07) is 32.6. The van der Waals surface area contributed by atoms with E-state index in [4.69, 9.17) is 14.7 Å². The van der Waals surface area contributed by atoms with E-state index in [9.17, 15) is 0 Å². The number of aromatic nitrogens is 2. The highest BCUT2D eigenvalue weighted by Gasteiger charge is 2.34. The lowest BCUT2D eigenvalue weighted by Gasteiger charge is -2.18. The molecule has 1 aliphatic heterocycles. The molecule has 0 amide bonds. The van der Waals surface area contributed by atoms with Crippen LogP contribution in [0, 0.1) is 0 Å². The summed E-state index contributed by atoms with van der Waals surface area (Å²) in [5.74, 6) is 0.567. The monoisotopic (exact) mass is 401 g/mol. The van der Waals surface area contributed by atoms with Crippen molar-refractivity contribution in [3.8, 4) is 0 Å². The topological polar surface area (TPSA) is 47.4 Å². The minimum Gasteiger partial charge on any atom is -0.465 e. The van der Waals surface area contributed by atoms with Gasteiger partial charge in [0, 0.05) is 17.0 Å². The molecule has 2 aromatic heterocycles. The Morgan fingerprint density at radius 2 is 1.29 bits per heavy atom. The van der Waals surface area contributed by atoms with E-state index in [1.165, 1.54) is 0 Å². The quantitative estimate of drug-likeness (QED) is 0.346. The fourth-order valence-electron chi connectivity index (χ4n) is 4.17. The number of nitrogens with zero attached hydrogens (tertiary/aromatic N) is 3. The first-order valence-electron chi connectivity index (χ1n) is 10.4. The Morgan fingerprint density at radius 3 is 2.06 bits per heavy atom. The predicted molar refractivity (Wildman–Crippen MR) is 123 cm³/mol. The van der Waals surface area contributed by atoms with Gasteiger partial charge >= 0.3 is 0 Å². The van der Waals surface area contributed by atoms with Crippen LogP contribution in [0.1, 0.15) is 29.0 Å². The zero-order valence-electron chi connectivity index (χ0n) is 16.7. The third-order valence-corrected chi connectivity index (χ3v) is 5.70. The summed E-state index contributed by atoms with van der Waals surface area (Å²) in [5, 5.41) is 2.12. The average Bonchev–Trinajstić information content (AvgIpc) is 3.30. The number of fused-ring (bicyclic) bond motifs is 3. The van der Waals surface area contributed by atoms with Crippen LogP contribution in [0.2, 0.25) is 0 Å². The molecule has 0 N–H and O–H groups in total. The lowest BCUT2D eigenvalue weighted by atomic mass is 9.97. The highest BCUT2D eigenvalue weighted by molar-refractivity contribution is 6.04. The van der Waals surface area contributed by atoms with Crippen molar-refractivity contribution in [2.24, 2.45) is 4.99 Å². The van der Waals surface area contributed by atoms with Crippen molar-refractivity contribution in [2.75, 3.05) is 0 Å². The van der Waals surface area contributed by atoms with Gasteiger partial charge in [-0.25, -0.2) is 9.98 Å². The zero-order chi connectivity index (χ0) is 20.6. The lowest BCUT2D eigenvalue weighted by molar-refractivity contribution is 0.196. The molecule has 4 heteroatoms. The zero-order valence-corrected chi connectivity index (χ0v) is 16.7. The van der Waals surface area contributed by atoms with E-state index in [0.29, 0.717) is 5.90 Å². The molecule has 3 heterocycles. The molecular formula is C27H19N3O. The molecule has 31 heavy (non-hydrogen) atoms. The Kier molecular flexibility index (Phi) is 4.20. The number of benzene rings is 3. The van der Waals surface area contributed by atoms with Crippen molar-refractivity contribution in [3.05, 3.63) is 120 Å². The summed E-state index contributed by atoms with van der Waals surface area (Å²) < 4.78 is 6.43. The van der Waals surface area contributed by atoms with Crippen molar-refractivity contribution in [2.45, 2.75) is 12.1 Å². The molecule has 0 saturated carbocycles. The van der Waals surface area contributed by atoms with Gasteiger partial charge in [0.05, 0.1) is 11.0 Å². The van der Waals surface area contributed by atoms with E-state index in [2.05, 4.69) is 53.5 Å². The molecule has 0 radical (unpaired) electrons. The first kappa shape index (κ1) is 17.8. The van der Waals surface area contributed by atoms with Crippen LogP contribution in [-0.2, 0) is 4.74 Å². The van der Waals surface area contributed by atoms with Crippen molar-refractivity contribution in [1.82, 2.24) is 9.97 Å². The number of hydrogen-bond donors (Lipinski definition) is 0. The fraction of sp³-hybridized carbons (Fsp3) is 0.0741. The van der Waals surface area contributed by atoms with E-state index < -0.39 is 0 Å². The molecule has 148 valence electrons. The molecule has 0 spiro atoms. The normalized spacial score (nSPS) is 18.1. The molecule has 0 unspecified atom stereocenters. The summed E-state index contributed by atoms with van der Waals surface area (Å²) in [7, 11) is 0. The fourth-order valence-corrected chi connectivity index (χ4v) is 4.17. The van der Waals surface area contributed by atoms with Gasteiger partial charge in [-0.15, -0.1) is 0 Å². The van der Waals surface area contributed by atoms with Crippen molar-refractivity contribution in [3.63, 3.8) is 0 Å². The maximum Gasteiger partial charge on any atom is 0.236 e. The van der Waals surface area contributed by atoms with Gasteiger partial charge in [0.15, 0.2) is 6.10 Å². The molecule has 2 atom stereocenters. The third-order valence-electron chi connectivity index (χ3n) is 5.70. The third kappa shape index (κ3) is 3.13. The Morgan fingerprint density at radius 1 is 0.613 bits per heavy atom. The molecular weight excluding hydrogens is 382 g/mol. The van der Waals surface area contributed by atoms with Crippen molar-refractivity contribution in [1.29, 1.82) is 0 Å². The Hall–Kier alpha value is -4.05. The van der Waals surface area contributed by atoms with Crippen LogP contribution in [-0.4, -0.2) is 15.9 Å². The number of rotatable bonds is 3. The van der Waals surface area contributed by atoms with E-state index in [1.54, 1.807) is 6.20 Å². The highest BCUT2D eigenvalue weighted by atomic mass is 16.5. The number of pyridine rings is 2. The average molecular weight is 401 g/mol. The molecule has 1 aliphatic rings. The molecule has 0 fully saturated rings. The van der Waals surface area contributed by atoms with Gasteiger partial charge in [-0.3, -0.25) is 4.98 Å². The molecule has 0 saturated heterocycles. The summed E-state index contributed by atoms with van der Waals surface area (Å²) in [4.78, 5) is 14.5. The second-order valence-corrected chi connectivity index (χ2v) is 7.65. The van der Waals surface area contributed by atoms with Gasteiger partial charge < -0.3 is 4.74 Å². The lowest BCUT2D eigenvalue weighted by Crippen LogP contribution is -2.10. The summed E-state index contributed by atoms with van der Waals surface area (Å²) in [6.45, 7) is 0. The highest BCUT2D eigenvalue weighted by Crippen LogP contribution is 2.41. The molecule has 3 aromatic carbocycles. The van der Waals surface area contributed by atoms with E-state index >= 15 is 0 Å². The van der Waals surface area contributed by atoms with Gasteiger partial charge in [0.2, 0.25) is 5.90 Å². The first-order chi connectivity index (χ1) is 15.4. The summed E-state index contributed by atoms with van der Waals surface area (Å²) in [5.41, 5.74) is 4.70. The van der Waals surface area contributed by atoms with E-state index in [0.717, 1.165) is 38.6 Å². The van der Waals surface area contributed by atoms with Crippen molar-refractivity contribution >= 4 is 27.7 Å². The number of aliphatic imine (C=N–C) groups is 1. The second kappa shape index (κ2) is 7.33. The van der Waals surface area contributed by atoms with Gasteiger partial charge in [0.25, 0.3) is 0 Å². The summed E-state index contributed by atoms with van der Waals surface area (Å²) >= 11 is 0. The van der Waals surface area contributed by atoms with Crippen molar-refractivity contribution < 1.29 is 4.74 Å². The number of ether oxygens (including phenoxy) is 1. The number of hydrogen-bond acceptors (Lipinski definition) is 4. The standard InChI is InChI=1S/C27H19N3O/c1-3-8-18(9-4-1)25-26(21-10-5-2-6-11-21)31-27(30-25)22-16-15-20-14-13-19-12-7-17-28-23(19)24(20)29-22/h1-17,25-26H/t25-,26+/m1/s1. The predicted octanol–water partition coefficient (Wildman–Crippen LogP) is 6.04. The second-order valence-electron chi connectivity index (χ2n) is 7.65. The largest absolute Gasteiger partial charge is 0.465 e. The van der Waals surface area contributed by atoms with E-state index in [1.807, 2.05) is 48.5 Å². The summed E-state index contributed by atoms with van der Waals surface area (Å²) in [6.07, 6.45) is 1.61. The molecule has 5 aromatic rings. The molecule has 4 nitrogen and oxygen atoms in total. The van der Waals surface area contributed by atoms with E-state index in [-0.39, 0.29) is 12.1 Å². The molecule has 6 rings (SSSR count). The van der Waals surface area contributed by atoms with Crippen LogP contribution in [0.15, 0.2) is 108 Å². The minimum atomic E-state index is -0.193. The van der Waals surface area contributed by atoms with Gasteiger partial charge in [-0.2, -0.15) is 0 Å². The Bertz CT molecular complexity index is 1410. The first-order valence-corrected chi connectivity index (χ1v) is 10.4. The Balaban J connectivity index is 1.48. The smallest absolute Gasteiger partial charge is 0.236 e. The molecule has 0 aliphatic carbocycles. The molecule has 0 bridgehead atoms. The van der Waals surface area contributed by atoms with Gasteiger partial charge in [-0.1, -0.05) is 84.9 Å². The van der Waals surface area contributed by atoms with Crippen LogP contribution in [0.4, 0.5) is 0 Å². The van der Waals surface area contributed by atoms with Crippen LogP contribution in [0.5, 0.6) is 0 Å². The van der Waals surface area contributed by atoms with Crippen LogP contribution in [0.25, 0.3) is 21.8 Å². The SMILES string of the molecule is c1ccc([C@H]2N=C(c3ccc4ccc5cccnc5c4n3)O[C@H]2c2ccccc2)cc1. The van der Waals surface area contributed by atoms with Gasteiger partial charge in [-0.05, 0) is 23.3 Å². The van der Waals surface area contributed by atoms with Crippen LogP contribution >= 0.6 is 0 Å². The Labute approximate surface area is 179 Å². The maximum atomic E-state index is 6.43. The van der Waals surface area contributed by atoms with Gasteiger partial charge in [0.1, 0.15) is 11.7 Å². The maximum absolute atomic E-state index is 6.43. The minimum absolute atomic E-state index is 0.123. The van der Waals surface area contributed by atoms with Crippen LogP contribution in [0.3, 0.4) is 0 Å².